The first kappa shape index (κ1) is 12.0. The molecule has 0 saturated heterocycles. The summed E-state index contributed by atoms with van der Waals surface area (Å²) in [6.45, 7) is 3.15. The highest BCUT2D eigenvalue weighted by atomic mass is 32.2. The monoisotopic (exact) mass is 235 g/mol. The van der Waals surface area contributed by atoms with Gasteiger partial charge in [0.1, 0.15) is 0 Å². The molecule has 1 aliphatic rings. The van der Waals surface area contributed by atoms with Crippen molar-refractivity contribution in [3.63, 3.8) is 0 Å². The Bertz CT molecular complexity index is 320. The first-order valence-electron chi connectivity index (χ1n) is 6.11. The summed E-state index contributed by atoms with van der Waals surface area (Å²) in [4.78, 5) is 0. The molecule has 1 aliphatic carbocycles. The van der Waals surface area contributed by atoms with Gasteiger partial charge in [0.25, 0.3) is 0 Å². The summed E-state index contributed by atoms with van der Waals surface area (Å²) in [5.41, 5.74) is 2.74. The predicted octanol–water partition coefficient (Wildman–Crippen LogP) is 3.37. The van der Waals surface area contributed by atoms with Crippen LogP contribution in [0.2, 0.25) is 0 Å². The van der Waals surface area contributed by atoms with Crippen molar-refractivity contribution in [1.29, 1.82) is 0 Å². The normalized spacial score (nSPS) is 24.9. The van der Waals surface area contributed by atoms with Crippen LogP contribution in [0.15, 0.2) is 24.3 Å². The molecular weight excluding hydrogens is 214 g/mol. The maximum atomic E-state index is 3.70. The fourth-order valence-electron chi connectivity index (χ4n) is 2.40. The van der Waals surface area contributed by atoms with Gasteiger partial charge in [-0.05, 0) is 31.6 Å². The summed E-state index contributed by atoms with van der Waals surface area (Å²) in [5, 5.41) is 4.52. The highest BCUT2D eigenvalue weighted by Crippen LogP contribution is 2.28. The molecule has 0 bridgehead atoms. The first-order valence-corrected chi connectivity index (χ1v) is 7.40. The standard InChI is InChI=1S/C14H21NS/c1-11-6-8-12(9-7-11)10-15-13-4-3-5-14(13)16-2/h6-9,13-15H,3-5,10H2,1-2H3. The molecule has 2 heteroatoms. The Hall–Kier alpha value is -0.470. The Balaban J connectivity index is 1.85. The summed E-state index contributed by atoms with van der Waals surface area (Å²) in [6, 6.07) is 9.56. The van der Waals surface area contributed by atoms with E-state index in [2.05, 4.69) is 42.8 Å². The van der Waals surface area contributed by atoms with Crippen LogP contribution in [0.4, 0.5) is 0 Å². The van der Waals surface area contributed by atoms with Crippen LogP contribution in [0.3, 0.4) is 0 Å². The van der Waals surface area contributed by atoms with Crippen molar-refractivity contribution in [1.82, 2.24) is 5.32 Å². The second kappa shape index (κ2) is 5.74. The van der Waals surface area contributed by atoms with E-state index in [1.54, 1.807) is 0 Å². The molecule has 0 aromatic heterocycles. The van der Waals surface area contributed by atoms with Gasteiger partial charge in [0.2, 0.25) is 0 Å². The molecule has 1 saturated carbocycles. The molecular formula is C14H21NS. The lowest BCUT2D eigenvalue weighted by molar-refractivity contribution is 0.532. The van der Waals surface area contributed by atoms with E-state index in [1.807, 2.05) is 11.8 Å². The molecule has 2 atom stereocenters. The van der Waals surface area contributed by atoms with E-state index in [4.69, 9.17) is 0 Å². The van der Waals surface area contributed by atoms with Crippen molar-refractivity contribution in [3.05, 3.63) is 35.4 Å². The van der Waals surface area contributed by atoms with Gasteiger partial charge >= 0.3 is 0 Å². The van der Waals surface area contributed by atoms with Gasteiger partial charge in [-0.25, -0.2) is 0 Å². The minimum atomic E-state index is 0.719. The summed E-state index contributed by atoms with van der Waals surface area (Å²) in [5.74, 6) is 0. The molecule has 2 unspecified atom stereocenters. The van der Waals surface area contributed by atoms with Crippen molar-refractivity contribution in [2.75, 3.05) is 6.26 Å². The maximum absolute atomic E-state index is 3.70. The van der Waals surface area contributed by atoms with Crippen LogP contribution in [0, 0.1) is 6.92 Å². The van der Waals surface area contributed by atoms with Crippen LogP contribution in [0.5, 0.6) is 0 Å². The van der Waals surface area contributed by atoms with Gasteiger partial charge in [0, 0.05) is 17.8 Å². The highest BCUT2D eigenvalue weighted by molar-refractivity contribution is 7.99. The van der Waals surface area contributed by atoms with Gasteiger partial charge in [0.15, 0.2) is 0 Å². The Morgan fingerprint density at radius 2 is 2.00 bits per heavy atom. The van der Waals surface area contributed by atoms with Gasteiger partial charge in [-0.2, -0.15) is 11.8 Å². The minimum absolute atomic E-state index is 0.719. The van der Waals surface area contributed by atoms with E-state index in [1.165, 1.54) is 30.4 Å². The number of hydrogen-bond donors (Lipinski definition) is 1. The molecule has 1 fully saturated rings. The van der Waals surface area contributed by atoms with Crippen LogP contribution in [0.25, 0.3) is 0 Å². The molecule has 0 radical (unpaired) electrons. The van der Waals surface area contributed by atoms with Crippen molar-refractivity contribution in [2.24, 2.45) is 0 Å². The van der Waals surface area contributed by atoms with Crippen molar-refractivity contribution >= 4 is 11.8 Å². The summed E-state index contributed by atoms with van der Waals surface area (Å²) in [6.07, 6.45) is 6.34. The summed E-state index contributed by atoms with van der Waals surface area (Å²) < 4.78 is 0. The largest absolute Gasteiger partial charge is 0.309 e. The van der Waals surface area contributed by atoms with E-state index in [-0.39, 0.29) is 0 Å². The number of benzene rings is 1. The SMILES string of the molecule is CSC1CCCC1NCc1ccc(C)cc1. The molecule has 1 nitrogen and oxygen atoms in total. The second-order valence-electron chi connectivity index (χ2n) is 4.68. The maximum Gasteiger partial charge on any atom is 0.0208 e. The smallest absolute Gasteiger partial charge is 0.0208 e. The fraction of sp³-hybridized carbons (Fsp3) is 0.571. The fourth-order valence-corrected chi connectivity index (χ4v) is 3.36. The van der Waals surface area contributed by atoms with Gasteiger partial charge in [-0.3, -0.25) is 0 Å². The second-order valence-corrected chi connectivity index (χ2v) is 5.75. The van der Waals surface area contributed by atoms with Crippen LogP contribution in [0.1, 0.15) is 30.4 Å². The van der Waals surface area contributed by atoms with Crippen molar-refractivity contribution < 1.29 is 0 Å². The molecule has 0 aliphatic heterocycles. The topological polar surface area (TPSA) is 12.0 Å². The summed E-state index contributed by atoms with van der Waals surface area (Å²) in [7, 11) is 0. The average molecular weight is 235 g/mol. The molecule has 0 spiro atoms. The molecule has 2 rings (SSSR count). The average Bonchev–Trinajstić information content (AvgIpc) is 2.76. The molecule has 1 aromatic rings. The highest BCUT2D eigenvalue weighted by Gasteiger charge is 2.25. The first-order chi connectivity index (χ1) is 7.79. The molecule has 88 valence electrons. The Kier molecular flexibility index (Phi) is 4.30. The van der Waals surface area contributed by atoms with E-state index >= 15 is 0 Å². The van der Waals surface area contributed by atoms with Crippen LogP contribution >= 0.6 is 11.8 Å². The van der Waals surface area contributed by atoms with E-state index < -0.39 is 0 Å². The number of nitrogens with one attached hydrogen (secondary N) is 1. The van der Waals surface area contributed by atoms with Crippen molar-refractivity contribution in [2.45, 2.75) is 44.0 Å². The van der Waals surface area contributed by atoms with Gasteiger partial charge in [0.05, 0.1) is 0 Å². The number of aryl methyl sites for hydroxylation is 1. The molecule has 16 heavy (non-hydrogen) atoms. The Labute approximate surface area is 103 Å². The van der Waals surface area contributed by atoms with Gasteiger partial charge in [-0.1, -0.05) is 36.2 Å². The Morgan fingerprint density at radius 3 is 2.69 bits per heavy atom. The van der Waals surface area contributed by atoms with E-state index in [0.29, 0.717) is 0 Å². The van der Waals surface area contributed by atoms with Crippen LogP contribution in [-0.4, -0.2) is 17.5 Å². The number of hydrogen-bond acceptors (Lipinski definition) is 2. The third-order valence-corrected chi connectivity index (χ3v) is 4.61. The quantitative estimate of drug-likeness (QED) is 0.859. The van der Waals surface area contributed by atoms with Gasteiger partial charge < -0.3 is 5.32 Å². The van der Waals surface area contributed by atoms with Crippen LogP contribution < -0.4 is 5.32 Å². The minimum Gasteiger partial charge on any atom is -0.309 e. The lowest BCUT2D eigenvalue weighted by Gasteiger charge is -2.19. The lowest BCUT2D eigenvalue weighted by Crippen LogP contribution is -2.33. The molecule has 1 N–H and O–H groups in total. The third kappa shape index (κ3) is 3.02. The lowest BCUT2D eigenvalue weighted by atomic mass is 10.1. The van der Waals surface area contributed by atoms with E-state index in [9.17, 15) is 0 Å². The van der Waals surface area contributed by atoms with Crippen molar-refractivity contribution in [3.8, 4) is 0 Å². The molecule has 0 amide bonds. The zero-order valence-electron chi connectivity index (χ0n) is 10.2. The predicted molar refractivity (Wildman–Crippen MR) is 73.0 cm³/mol. The molecule has 0 heterocycles. The Morgan fingerprint density at radius 1 is 1.25 bits per heavy atom. The zero-order chi connectivity index (χ0) is 11.4. The van der Waals surface area contributed by atoms with Crippen LogP contribution in [-0.2, 0) is 6.54 Å². The van der Waals surface area contributed by atoms with E-state index in [0.717, 1.165) is 17.8 Å². The number of thioether (sulfide) groups is 1. The van der Waals surface area contributed by atoms with Gasteiger partial charge in [-0.15, -0.1) is 0 Å². The third-order valence-electron chi connectivity index (χ3n) is 3.44. The number of rotatable bonds is 4. The zero-order valence-corrected chi connectivity index (χ0v) is 11.0. The molecule has 1 aromatic carbocycles. The summed E-state index contributed by atoms with van der Waals surface area (Å²) >= 11 is 2.02.